The number of amides is 1. The van der Waals surface area contributed by atoms with Gasteiger partial charge in [0.2, 0.25) is 5.91 Å². The summed E-state index contributed by atoms with van der Waals surface area (Å²) in [7, 11) is 0. The molecule has 0 N–H and O–H groups in total. The second kappa shape index (κ2) is 3.59. The van der Waals surface area contributed by atoms with Gasteiger partial charge in [-0.05, 0) is 6.42 Å². The van der Waals surface area contributed by atoms with E-state index in [-0.39, 0.29) is 5.91 Å². The van der Waals surface area contributed by atoms with Gasteiger partial charge in [-0.25, -0.2) is 4.98 Å². The molecule has 0 aliphatic carbocycles. The highest BCUT2D eigenvalue weighted by molar-refractivity contribution is 7.15. The molecule has 1 amide bonds. The monoisotopic (exact) mass is 235 g/mol. The van der Waals surface area contributed by atoms with Gasteiger partial charge in [-0.15, -0.1) is 11.3 Å². The number of rotatable bonds is 1. The van der Waals surface area contributed by atoms with E-state index in [9.17, 15) is 4.79 Å². The number of carbonyl (C=O) groups excluding carboxylic acids is 1. The first kappa shape index (κ1) is 9.84. The van der Waals surface area contributed by atoms with Crippen LogP contribution in [-0.2, 0) is 4.79 Å². The normalized spacial score (nSPS) is 20.8. The summed E-state index contributed by atoms with van der Waals surface area (Å²) in [4.78, 5) is 18.9. The van der Waals surface area contributed by atoms with Gasteiger partial charge in [-0.3, -0.25) is 9.20 Å². The van der Waals surface area contributed by atoms with Gasteiger partial charge < -0.3 is 4.90 Å². The molecule has 2 aromatic heterocycles. The Morgan fingerprint density at radius 3 is 3.25 bits per heavy atom. The molecule has 0 unspecified atom stereocenters. The number of hydrogen-bond donors (Lipinski definition) is 0. The maximum atomic E-state index is 11.3. The molecule has 16 heavy (non-hydrogen) atoms. The Morgan fingerprint density at radius 1 is 1.62 bits per heavy atom. The van der Waals surface area contributed by atoms with E-state index in [1.54, 1.807) is 18.3 Å². The zero-order valence-electron chi connectivity index (χ0n) is 9.09. The first-order valence-corrected chi connectivity index (χ1v) is 6.29. The molecule has 1 atom stereocenters. The minimum absolute atomic E-state index is 0.170. The summed E-state index contributed by atoms with van der Waals surface area (Å²) in [6.45, 7) is 3.32. The van der Waals surface area contributed by atoms with Gasteiger partial charge >= 0.3 is 0 Å². The summed E-state index contributed by atoms with van der Waals surface area (Å²) in [5, 5.41) is 2.07. The summed E-state index contributed by atoms with van der Waals surface area (Å²) in [5.74, 6) is 0.580. The van der Waals surface area contributed by atoms with E-state index in [2.05, 4.69) is 14.8 Å². The topological polar surface area (TPSA) is 37.6 Å². The second-order valence-electron chi connectivity index (χ2n) is 4.20. The number of carbonyl (C=O) groups is 1. The molecule has 3 heterocycles. The van der Waals surface area contributed by atoms with Crippen molar-refractivity contribution in [1.82, 2.24) is 14.3 Å². The van der Waals surface area contributed by atoms with Gasteiger partial charge in [0.05, 0.1) is 5.69 Å². The van der Waals surface area contributed by atoms with Crippen LogP contribution in [0.25, 0.3) is 4.83 Å². The molecule has 0 bridgehead atoms. The standard InChI is InChI=1S/C11H13N3OS/c1-8(15)13-3-2-9(6-13)10-11-14(7-12-10)4-5-16-11/h4-5,7,9H,2-3,6H2,1H3/t9-/m0/s1. The van der Waals surface area contributed by atoms with E-state index in [1.165, 1.54) is 4.83 Å². The molecule has 5 heteroatoms. The Kier molecular flexibility index (Phi) is 2.21. The summed E-state index contributed by atoms with van der Waals surface area (Å²) in [5.41, 5.74) is 1.15. The third kappa shape index (κ3) is 1.43. The Balaban J connectivity index is 1.90. The minimum atomic E-state index is 0.170. The quantitative estimate of drug-likeness (QED) is 0.755. The fourth-order valence-electron chi connectivity index (χ4n) is 2.30. The molecule has 84 valence electrons. The van der Waals surface area contributed by atoms with Crippen molar-refractivity contribution in [2.75, 3.05) is 13.1 Å². The van der Waals surface area contributed by atoms with Crippen molar-refractivity contribution in [2.24, 2.45) is 0 Å². The number of imidazole rings is 1. The molecule has 1 fully saturated rings. The lowest BCUT2D eigenvalue weighted by molar-refractivity contribution is -0.127. The first-order valence-electron chi connectivity index (χ1n) is 5.41. The van der Waals surface area contributed by atoms with Crippen LogP contribution >= 0.6 is 11.3 Å². The van der Waals surface area contributed by atoms with Gasteiger partial charge in [0, 0.05) is 37.5 Å². The number of nitrogens with zero attached hydrogens (tertiary/aromatic N) is 3. The molecule has 1 saturated heterocycles. The maximum absolute atomic E-state index is 11.3. The van der Waals surface area contributed by atoms with E-state index in [0.29, 0.717) is 5.92 Å². The molecule has 4 nitrogen and oxygen atoms in total. The van der Waals surface area contributed by atoms with E-state index in [1.807, 2.05) is 17.4 Å². The molecular weight excluding hydrogens is 222 g/mol. The summed E-state index contributed by atoms with van der Waals surface area (Å²) >= 11 is 1.71. The molecular formula is C11H13N3OS. The van der Waals surface area contributed by atoms with Crippen LogP contribution in [0.15, 0.2) is 17.9 Å². The fraction of sp³-hybridized carbons (Fsp3) is 0.455. The Hall–Kier alpha value is -1.36. The van der Waals surface area contributed by atoms with Crippen LogP contribution in [0, 0.1) is 0 Å². The Morgan fingerprint density at radius 2 is 2.50 bits per heavy atom. The third-order valence-electron chi connectivity index (χ3n) is 3.20. The second-order valence-corrected chi connectivity index (χ2v) is 5.09. The van der Waals surface area contributed by atoms with E-state index in [4.69, 9.17) is 0 Å². The van der Waals surface area contributed by atoms with Crippen LogP contribution in [0.3, 0.4) is 0 Å². The zero-order chi connectivity index (χ0) is 11.1. The van der Waals surface area contributed by atoms with Crippen molar-refractivity contribution in [3.63, 3.8) is 0 Å². The molecule has 0 saturated carbocycles. The first-order chi connectivity index (χ1) is 7.75. The number of hydrogen-bond acceptors (Lipinski definition) is 3. The van der Waals surface area contributed by atoms with E-state index < -0.39 is 0 Å². The zero-order valence-corrected chi connectivity index (χ0v) is 9.91. The largest absolute Gasteiger partial charge is 0.342 e. The van der Waals surface area contributed by atoms with Crippen molar-refractivity contribution < 1.29 is 4.79 Å². The Bertz CT molecular complexity index is 530. The molecule has 3 rings (SSSR count). The SMILES string of the molecule is CC(=O)N1CC[C@H](c2ncn3ccsc23)C1. The van der Waals surface area contributed by atoms with Crippen LogP contribution in [0.5, 0.6) is 0 Å². The molecule has 0 aromatic carbocycles. The van der Waals surface area contributed by atoms with Crippen LogP contribution < -0.4 is 0 Å². The lowest BCUT2D eigenvalue weighted by atomic mass is 10.1. The minimum Gasteiger partial charge on any atom is -0.342 e. The van der Waals surface area contributed by atoms with E-state index in [0.717, 1.165) is 25.2 Å². The molecule has 1 aliphatic heterocycles. The average Bonchev–Trinajstić information content (AvgIpc) is 2.92. The van der Waals surface area contributed by atoms with Crippen molar-refractivity contribution in [3.8, 4) is 0 Å². The van der Waals surface area contributed by atoms with Gasteiger partial charge in [0.15, 0.2) is 0 Å². The maximum Gasteiger partial charge on any atom is 0.219 e. The van der Waals surface area contributed by atoms with Crippen LogP contribution in [0.1, 0.15) is 25.0 Å². The van der Waals surface area contributed by atoms with Crippen molar-refractivity contribution >= 4 is 22.1 Å². The number of fused-ring (bicyclic) bond motifs is 1. The molecule has 1 aliphatic rings. The summed E-state index contributed by atoms with van der Waals surface area (Å²) in [6.07, 6.45) is 4.91. The van der Waals surface area contributed by atoms with Gasteiger partial charge in [-0.1, -0.05) is 0 Å². The highest BCUT2D eigenvalue weighted by atomic mass is 32.1. The lowest BCUT2D eigenvalue weighted by Crippen LogP contribution is -2.25. The molecule has 0 radical (unpaired) electrons. The van der Waals surface area contributed by atoms with Crippen molar-refractivity contribution in [1.29, 1.82) is 0 Å². The van der Waals surface area contributed by atoms with Gasteiger partial charge in [0.25, 0.3) is 0 Å². The smallest absolute Gasteiger partial charge is 0.219 e. The summed E-state index contributed by atoms with van der Waals surface area (Å²) in [6, 6.07) is 0. The third-order valence-corrected chi connectivity index (χ3v) is 4.10. The summed E-state index contributed by atoms with van der Waals surface area (Å²) < 4.78 is 2.05. The molecule has 0 spiro atoms. The fourth-order valence-corrected chi connectivity index (χ4v) is 3.19. The number of likely N-dealkylation sites (tertiary alicyclic amines) is 1. The van der Waals surface area contributed by atoms with Crippen LogP contribution in [0.4, 0.5) is 0 Å². The number of thiazole rings is 1. The lowest BCUT2D eigenvalue weighted by Gasteiger charge is -2.12. The molecule has 2 aromatic rings. The Labute approximate surface area is 97.5 Å². The van der Waals surface area contributed by atoms with Gasteiger partial charge in [0.1, 0.15) is 11.2 Å². The number of aromatic nitrogens is 2. The highest BCUT2D eigenvalue weighted by Crippen LogP contribution is 2.30. The average molecular weight is 235 g/mol. The predicted octanol–water partition coefficient (Wildman–Crippen LogP) is 1.73. The van der Waals surface area contributed by atoms with Crippen LogP contribution in [-0.4, -0.2) is 33.3 Å². The van der Waals surface area contributed by atoms with Crippen LogP contribution in [0.2, 0.25) is 0 Å². The predicted molar refractivity (Wildman–Crippen MR) is 62.7 cm³/mol. The van der Waals surface area contributed by atoms with Crippen molar-refractivity contribution in [3.05, 3.63) is 23.6 Å². The highest BCUT2D eigenvalue weighted by Gasteiger charge is 2.28. The van der Waals surface area contributed by atoms with Gasteiger partial charge in [-0.2, -0.15) is 0 Å². The van der Waals surface area contributed by atoms with Crippen molar-refractivity contribution in [2.45, 2.75) is 19.3 Å². The van der Waals surface area contributed by atoms with E-state index >= 15 is 0 Å².